The zero-order chi connectivity index (χ0) is 21.9. The van der Waals surface area contributed by atoms with Gasteiger partial charge in [-0.2, -0.15) is 11.8 Å². The Labute approximate surface area is 183 Å². The van der Waals surface area contributed by atoms with Crippen molar-refractivity contribution in [2.75, 3.05) is 11.5 Å². The van der Waals surface area contributed by atoms with E-state index in [2.05, 4.69) is 11.9 Å². The summed E-state index contributed by atoms with van der Waals surface area (Å²) in [6, 6.07) is 5.26. The largest absolute Gasteiger partial charge is 0.473 e. The Bertz CT molecular complexity index is 777. The number of unbranched alkanes of at least 4 members (excludes halogenated alkanes) is 2. The number of aliphatic carboxylic acids is 2. The van der Waals surface area contributed by atoms with Gasteiger partial charge in [0, 0.05) is 33.8 Å². The predicted octanol–water partition coefficient (Wildman–Crippen LogP) is 4.16. The highest BCUT2D eigenvalue weighted by atomic mass is 35.5. The standard InChI is InChI=1S/C17H22Cl2N2OS.C2H2O4/c1-2-3-4-9-23-12-17(22,11-21-8-7-20-13-21)15-6-5-14(18)10-16(15)19;3-1(4)2(5)6/h5-8,10,13,22H,2-4,9,11-12H2,1H3;(H,3,4)(H,5,6)/t17-;/m0./s1. The van der Waals surface area contributed by atoms with Gasteiger partial charge in [-0.1, -0.05) is 49.0 Å². The van der Waals surface area contributed by atoms with Crippen molar-refractivity contribution in [3.05, 3.63) is 52.5 Å². The maximum atomic E-state index is 11.3. The number of benzene rings is 1. The van der Waals surface area contributed by atoms with Gasteiger partial charge in [0.1, 0.15) is 5.60 Å². The normalized spacial score (nSPS) is 12.6. The second-order valence-electron chi connectivity index (χ2n) is 6.26. The van der Waals surface area contributed by atoms with Crippen molar-refractivity contribution in [2.24, 2.45) is 0 Å². The van der Waals surface area contributed by atoms with Crippen LogP contribution in [0, 0.1) is 0 Å². The second kappa shape index (κ2) is 12.7. The summed E-state index contributed by atoms with van der Waals surface area (Å²) in [6.07, 6.45) is 8.83. The van der Waals surface area contributed by atoms with Crippen LogP contribution < -0.4 is 0 Å². The molecule has 1 aromatic heterocycles. The SMILES string of the molecule is CCCCCSC[C@@](O)(Cn1ccnc1)c1ccc(Cl)cc1Cl.O=C(O)C(=O)O. The summed E-state index contributed by atoms with van der Waals surface area (Å²) in [5, 5.41) is 27.1. The lowest BCUT2D eigenvalue weighted by molar-refractivity contribution is -0.159. The number of carboxylic acids is 2. The quantitative estimate of drug-likeness (QED) is 0.378. The van der Waals surface area contributed by atoms with Gasteiger partial charge in [0.15, 0.2) is 0 Å². The zero-order valence-corrected chi connectivity index (χ0v) is 18.3. The lowest BCUT2D eigenvalue weighted by Gasteiger charge is -2.30. The molecule has 2 aromatic rings. The summed E-state index contributed by atoms with van der Waals surface area (Å²) in [5.41, 5.74) is -0.348. The number of aliphatic hydroxyl groups is 1. The van der Waals surface area contributed by atoms with Crippen molar-refractivity contribution >= 4 is 46.9 Å². The molecule has 0 unspecified atom stereocenters. The molecule has 0 spiro atoms. The van der Waals surface area contributed by atoms with Gasteiger partial charge in [-0.3, -0.25) is 0 Å². The van der Waals surface area contributed by atoms with Crippen LogP contribution in [0.2, 0.25) is 10.0 Å². The lowest BCUT2D eigenvalue weighted by atomic mass is 9.95. The molecule has 0 aliphatic heterocycles. The fourth-order valence-electron chi connectivity index (χ4n) is 2.45. The van der Waals surface area contributed by atoms with Crippen LogP contribution >= 0.6 is 35.0 Å². The second-order valence-corrected chi connectivity index (χ2v) is 8.21. The number of nitrogens with zero attached hydrogens (tertiary/aromatic N) is 2. The minimum atomic E-state index is -1.82. The Morgan fingerprint density at radius 1 is 1.21 bits per heavy atom. The van der Waals surface area contributed by atoms with Crippen LogP contribution in [0.15, 0.2) is 36.9 Å². The first-order valence-electron chi connectivity index (χ1n) is 8.87. The topological polar surface area (TPSA) is 113 Å². The van der Waals surface area contributed by atoms with Gasteiger partial charge in [0.25, 0.3) is 0 Å². The Morgan fingerprint density at radius 3 is 2.41 bits per heavy atom. The maximum Gasteiger partial charge on any atom is 0.414 e. The van der Waals surface area contributed by atoms with E-state index in [4.69, 9.17) is 43.0 Å². The van der Waals surface area contributed by atoms with E-state index in [9.17, 15) is 5.11 Å². The highest BCUT2D eigenvalue weighted by Gasteiger charge is 2.32. The molecule has 10 heteroatoms. The Hall–Kier alpha value is -1.74. The van der Waals surface area contributed by atoms with E-state index in [1.807, 2.05) is 16.8 Å². The third kappa shape index (κ3) is 9.08. The first-order chi connectivity index (χ1) is 13.7. The lowest BCUT2D eigenvalue weighted by Crippen LogP contribution is -2.34. The van der Waals surface area contributed by atoms with Crippen molar-refractivity contribution in [1.29, 1.82) is 0 Å². The number of carboxylic acid groups (broad SMARTS) is 2. The maximum absolute atomic E-state index is 11.3. The molecule has 0 bridgehead atoms. The molecule has 1 atom stereocenters. The monoisotopic (exact) mass is 462 g/mol. The predicted molar refractivity (Wildman–Crippen MR) is 115 cm³/mol. The zero-order valence-electron chi connectivity index (χ0n) is 15.9. The molecule has 0 amide bonds. The van der Waals surface area contributed by atoms with Crippen LogP contribution in [0.1, 0.15) is 31.7 Å². The molecule has 0 saturated carbocycles. The van der Waals surface area contributed by atoms with E-state index < -0.39 is 17.5 Å². The smallest absolute Gasteiger partial charge is 0.414 e. The molecule has 1 aromatic carbocycles. The van der Waals surface area contributed by atoms with Crippen LogP contribution in [-0.2, 0) is 21.7 Å². The van der Waals surface area contributed by atoms with E-state index in [0.717, 1.165) is 12.2 Å². The molecule has 0 fully saturated rings. The molecule has 7 nitrogen and oxygen atoms in total. The van der Waals surface area contributed by atoms with Crippen molar-refractivity contribution in [3.8, 4) is 0 Å². The van der Waals surface area contributed by atoms with Gasteiger partial charge in [0.2, 0.25) is 0 Å². The highest BCUT2D eigenvalue weighted by Crippen LogP contribution is 2.34. The molecule has 2 rings (SSSR count). The molecule has 0 radical (unpaired) electrons. The van der Waals surface area contributed by atoms with E-state index >= 15 is 0 Å². The molecule has 0 aliphatic carbocycles. The minimum absolute atomic E-state index is 0.412. The molecular formula is C19H24Cl2N2O5S. The first kappa shape index (κ1) is 25.3. The highest BCUT2D eigenvalue weighted by molar-refractivity contribution is 7.99. The number of thioether (sulfide) groups is 1. The molecule has 3 N–H and O–H groups in total. The molecule has 29 heavy (non-hydrogen) atoms. The Kier molecular flexibility index (Phi) is 11.1. The molecule has 0 saturated heterocycles. The number of hydrogen-bond acceptors (Lipinski definition) is 5. The molecule has 160 valence electrons. The van der Waals surface area contributed by atoms with Crippen LogP contribution in [0.4, 0.5) is 0 Å². The van der Waals surface area contributed by atoms with Gasteiger partial charge in [0.05, 0.1) is 12.9 Å². The molecule has 0 aliphatic rings. The van der Waals surface area contributed by atoms with Gasteiger partial charge in [-0.15, -0.1) is 0 Å². The average Bonchev–Trinajstić information content (AvgIpc) is 3.14. The van der Waals surface area contributed by atoms with E-state index in [1.54, 1.807) is 36.4 Å². The number of halogens is 2. The molecular weight excluding hydrogens is 439 g/mol. The third-order valence-electron chi connectivity index (χ3n) is 3.85. The van der Waals surface area contributed by atoms with Crippen molar-refractivity contribution < 1.29 is 24.9 Å². The first-order valence-corrected chi connectivity index (χ1v) is 10.8. The van der Waals surface area contributed by atoms with E-state index in [0.29, 0.717) is 27.9 Å². The van der Waals surface area contributed by atoms with Gasteiger partial charge < -0.3 is 19.9 Å². The number of aromatic nitrogens is 2. The number of hydrogen-bond donors (Lipinski definition) is 3. The summed E-state index contributed by atoms with van der Waals surface area (Å²) in [5.74, 6) is -2.04. The minimum Gasteiger partial charge on any atom is -0.473 e. The van der Waals surface area contributed by atoms with Gasteiger partial charge in [-0.05, 0) is 24.3 Å². The number of rotatable bonds is 9. The van der Waals surface area contributed by atoms with E-state index in [1.165, 1.54) is 12.8 Å². The van der Waals surface area contributed by atoms with Crippen molar-refractivity contribution in [1.82, 2.24) is 9.55 Å². The van der Waals surface area contributed by atoms with Crippen molar-refractivity contribution in [3.63, 3.8) is 0 Å². The van der Waals surface area contributed by atoms with E-state index in [-0.39, 0.29) is 0 Å². The summed E-state index contributed by atoms with van der Waals surface area (Å²) in [6.45, 7) is 2.60. The van der Waals surface area contributed by atoms with Gasteiger partial charge >= 0.3 is 11.9 Å². The summed E-state index contributed by atoms with van der Waals surface area (Å²) < 4.78 is 1.87. The summed E-state index contributed by atoms with van der Waals surface area (Å²) in [7, 11) is 0. The fraction of sp³-hybridized carbons (Fsp3) is 0.421. The molecule has 1 heterocycles. The van der Waals surface area contributed by atoms with Crippen molar-refractivity contribution in [2.45, 2.75) is 38.3 Å². The van der Waals surface area contributed by atoms with Gasteiger partial charge in [-0.25, -0.2) is 14.6 Å². The van der Waals surface area contributed by atoms with Crippen LogP contribution in [0.3, 0.4) is 0 Å². The fourth-order valence-corrected chi connectivity index (χ4v) is 4.17. The Morgan fingerprint density at radius 2 is 1.90 bits per heavy atom. The number of imidazole rings is 1. The van der Waals surface area contributed by atoms with Crippen LogP contribution in [0.5, 0.6) is 0 Å². The third-order valence-corrected chi connectivity index (χ3v) is 5.66. The average molecular weight is 463 g/mol. The summed E-state index contributed by atoms with van der Waals surface area (Å²) >= 11 is 14.1. The number of carbonyl (C=O) groups is 2. The summed E-state index contributed by atoms with van der Waals surface area (Å²) in [4.78, 5) is 22.2. The van der Waals surface area contributed by atoms with Crippen LogP contribution in [-0.4, -0.2) is 48.3 Å². The Balaban J connectivity index is 0.000000612. The van der Waals surface area contributed by atoms with Crippen LogP contribution in [0.25, 0.3) is 0 Å².